The fourth-order valence-electron chi connectivity index (χ4n) is 1.89. The molecule has 2 heterocycles. The van der Waals surface area contributed by atoms with E-state index >= 15 is 0 Å². The summed E-state index contributed by atoms with van der Waals surface area (Å²) in [7, 11) is 1.85. The molecule has 17 heavy (non-hydrogen) atoms. The molecule has 0 aliphatic heterocycles. The van der Waals surface area contributed by atoms with Crippen LogP contribution >= 0.6 is 0 Å². The monoisotopic (exact) mass is 231 g/mol. The second kappa shape index (κ2) is 4.67. The molecule has 1 unspecified atom stereocenters. The van der Waals surface area contributed by atoms with Gasteiger partial charge in [0, 0.05) is 25.0 Å². The van der Waals surface area contributed by atoms with E-state index in [1.807, 2.05) is 33.0 Å². The SMILES string of the molecule is CCc1cc(C(O)c2cnccc2C)n(C)n1. The third-order valence-electron chi connectivity index (χ3n) is 2.98. The Kier molecular flexibility index (Phi) is 3.24. The van der Waals surface area contributed by atoms with E-state index in [9.17, 15) is 5.11 Å². The van der Waals surface area contributed by atoms with E-state index in [2.05, 4.69) is 10.1 Å². The summed E-state index contributed by atoms with van der Waals surface area (Å²) in [6.07, 6.45) is 3.64. The maximum absolute atomic E-state index is 10.4. The van der Waals surface area contributed by atoms with Crippen LogP contribution in [-0.4, -0.2) is 19.9 Å². The first-order chi connectivity index (χ1) is 8.13. The summed E-state index contributed by atoms with van der Waals surface area (Å²) < 4.78 is 1.73. The predicted octanol–water partition coefficient (Wildman–Crippen LogP) is 1.77. The topological polar surface area (TPSA) is 50.9 Å². The number of rotatable bonds is 3. The average molecular weight is 231 g/mol. The molecule has 1 atom stereocenters. The summed E-state index contributed by atoms with van der Waals surface area (Å²) in [5, 5.41) is 14.7. The Balaban J connectivity index is 2.40. The van der Waals surface area contributed by atoms with Crippen LogP contribution in [0.5, 0.6) is 0 Å². The summed E-state index contributed by atoms with van der Waals surface area (Å²) in [5.41, 5.74) is 3.66. The smallest absolute Gasteiger partial charge is 0.122 e. The molecule has 1 N–H and O–H groups in total. The molecule has 90 valence electrons. The molecule has 0 saturated carbocycles. The molecule has 0 aliphatic rings. The van der Waals surface area contributed by atoms with Crippen LogP contribution in [0.1, 0.15) is 35.5 Å². The molecular weight excluding hydrogens is 214 g/mol. The highest BCUT2D eigenvalue weighted by atomic mass is 16.3. The largest absolute Gasteiger partial charge is 0.382 e. The third-order valence-corrected chi connectivity index (χ3v) is 2.98. The summed E-state index contributed by atoms with van der Waals surface area (Å²) >= 11 is 0. The van der Waals surface area contributed by atoms with Crippen molar-refractivity contribution >= 4 is 0 Å². The number of pyridine rings is 1. The van der Waals surface area contributed by atoms with Crippen molar-refractivity contribution in [2.75, 3.05) is 0 Å². The van der Waals surface area contributed by atoms with Crippen LogP contribution in [0.25, 0.3) is 0 Å². The first-order valence-corrected chi connectivity index (χ1v) is 5.75. The lowest BCUT2D eigenvalue weighted by Crippen LogP contribution is -2.08. The van der Waals surface area contributed by atoms with Crippen LogP contribution in [0.2, 0.25) is 0 Å². The Morgan fingerprint density at radius 1 is 1.47 bits per heavy atom. The van der Waals surface area contributed by atoms with Crippen molar-refractivity contribution < 1.29 is 5.11 Å². The minimum atomic E-state index is -0.665. The van der Waals surface area contributed by atoms with Gasteiger partial charge in [0.2, 0.25) is 0 Å². The van der Waals surface area contributed by atoms with Crippen LogP contribution in [0.4, 0.5) is 0 Å². The van der Waals surface area contributed by atoms with Crippen molar-refractivity contribution in [1.29, 1.82) is 0 Å². The van der Waals surface area contributed by atoms with Gasteiger partial charge in [-0.1, -0.05) is 6.92 Å². The summed E-state index contributed by atoms with van der Waals surface area (Å²) in [6.45, 7) is 4.02. The zero-order valence-corrected chi connectivity index (χ0v) is 10.4. The van der Waals surface area contributed by atoms with E-state index in [4.69, 9.17) is 0 Å². The minimum Gasteiger partial charge on any atom is -0.382 e. The second-order valence-electron chi connectivity index (χ2n) is 4.17. The lowest BCUT2D eigenvalue weighted by molar-refractivity contribution is 0.208. The molecule has 0 fully saturated rings. The van der Waals surface area contributed by atoms with Crippen molar-refractivity contribution in [1.82, 2.24) is 14.8 Å². The van der Waals surface area contributed by atoms with Gasteiger partial charge in [-0.25, -0.2) is 0 Å². The van der Waals surface area contributed by atoms with Gasteiger partial charge in [-0.05, 0) is 31.0 Å². The molecule has 4 nitrogen and oxygen atoms in total. The van der Waals surface area contributed by atoms with Gasteiger partial charge in [-0.15, -0.1) is 0 Å². The summed E-state index contributed by atoms with van der Waals surface area (Å²) in [6, 6.07) is 3.84. The highest BCUT2D eigenvalue weighted by Crippen LogP contribution is 2.24. The maximum atomic E-state index is 10.4. The van der Waals surface area contributed by atoms with E-state index in [0.29, 0.717) is 0 Å². The lowest BCUT2D eigenvalue weighted by atomic mass is 10.0. The molecule has 0 aromatic carbocycles. The van der Waals surface area contributed by atoms with Crippen LogP contribution in [0.15, 0.2) is 24.5 Å². The van der Waals surface area contributed by atoms with E-state index in [0.717, 1.165) is 28.9 Å². The van der Waals surface area contributed by atoms with E-state index in [1.54, 1.807) is 17.1 Å². The molecule has 2 rings (SSSR count). The van der Waals surface area contributed by atoms with Crippen LogP contribution in [-0.2, 0) is 13.5 Å². The third kappa shape index (κ3) is 2.22. The average Bonchev–Trinajstić information content (AvgIpc) is 2.70. The summed E-state index contributed by atoms with van der Waals surface area (Å²) in [4.78, 5) is 4.06. The molecule has 0 spiro atoms. The molecule has 0 aliphatic carbocycles. The standard InChI is InChI=1S/C13H17N3O/c1-4-10-7-12(16(3)15-10)13(17)11-8-14-6-5-9(11)2/h5-8,13,17H,4H2,1-3H3. The highest BCUT2D eigenvalue weighted by Gasteiger charge is 2.17. The number of hydrogen-bond acceptors (Lipinski definition) is 3. The molecule has 0 amide bonds. The number of nitrogens with zero attached hydrogens (tertiary/aromatic N) is 3. The fraction of sp³-hybridized carbons (Fsp3) is 0.385. The Labute approximate surface area is 101 Å². The van der Waals surface area contributed by atoms with Crippen molar-refractivity contribution in [2.45, 2.75) is 26.4 Å². The normalized spacial score (nSPS) is 12.7. The van der Waals surface area contributed by atoms with Gasteiger partial charge in [0.1, 0.15) is 6.10 Å². The second-order valence-corrected chi connectivity index (χ2v) is 4.17. The van der Waals surface area contributed by atoms with Crippen molar-refractivity contribution in [3.8, 4) is 0 Å². The molecule has 2 aromatic heterocycles. The number of aliphatic hydroxyl groups is 1. The Bertz CT molecular complexity index is 519. The van der Waals surface area contributed by atoms with Crippen molar-refractivity contribution in [3.63, 3.8) is 0 Å². The van der Waals surface area contributed by atoms with Crippen molar-refractivity contribution in [3.05, 3.63) is 47.0 Å². The Morgan fingerprint density at radius 3 is 2.82 bits per heavy atom. The van der Waals surface area contributed by atoms with Crippen LogP contribution in [0.3, 0.4) is 0 Å². The molecule has 0 saturated heterocycles. The van der Waals surface area contributed by atoms with Crippen LogP contribution in [0, 0.1) is 6.92 Å². The van der Waals surface area contributed by atoms with Crippen molar-refractivity contribution in [2.24, 2.45) is 7.05 Å². The Morgan fingerprint density at radius 2 is 2.24 bits per heavy atom. The number of aliphatic hydroxyl groups excluding tert-OH is 1. The number of aryl methyl sites for hydroxylation is 3. The number of hydrogen-bond donors (Lipinski definition) is 1. The quantitative estimate of drug-likeness (QED) is 0.875. The number of aromatic nitrogens is 3. The van der Waals surface area contributed by atoms with Gasteiger partial charge >= 0.3 is 0 Å². The highest BCUT2D eigenvalue weighted by molar-refractivity contribution is 5.30. The van der Waals surface area contributed by atoms with Gasteiger partial charge in [0.15, 0.2) is 0 Å². The Hall–Kier alpha value is -1.68. The zero-order valence-electron chi connectivity index (χ0n) is 10.4. The molecule has 2 aromatic rings. The summed E-state index contributed by atoms with van der Waals surface area (Å²) in [5.74, 6) is 0. The lowest BCUT2D eigenvalue weighted by Gasteiger charge is -2.13. The van der Waals surface area contributed by atoms with Gasteiger partial charge in [0.05, 0.1) is 11.4 Å². The maximum Gasteiger partial charge on any atom is 0.122 e. The fourth-order valence-corrected chi connectivity index (χ4v) is 1.89. The van der Waals surface area contributed by atoms with Gasteiger partial charge in [-0.3, -0.25) is 9.67 Å². The first-order valence-electron chi connectivity index (χ1n) is 5.75. The van der Waals surface area contributed by atoms with Gasteiger partial charge < -0.3 is 5.11 Å². The molecule has 4 heteroatoms. The molecule has 0 bridgehead atoms. The van der Waals surface area contributed by atoms with Gasteiger partial charge in [-0.2, -0.15) is 5.10 Å². The molecular formula is C13H17N3O. The minimum absolute atomic E-state index is 0.665. The zero-order chi connectivity index (χ0) is 12.4. The first kappa shape index (κ1) is 11.8. The molecule has 0 radical (unpaired) electrons. The van der Waals surface area contributed by atoms with E-state index in [-0.39, 0.29) is 0 Å². The van der Waals surface area contributed by atoms with E-state index in [1.165, 1.54) is 0 Å². The van der Waals surface area contributed by atoms with Crippen LogP contribution < -0.4 is 0 Å². The van der Waals surface area contributed by atoms with Gasteiger partial charge in [0.25, 0.3) is 0 Å². The van der Waals surface area contributed by atoms with E-state index < -0.39 is 6.10 Å². The predicted molar refractivity (Wildman–Crippen MR) is 65.6 cm³/mol.